The molecule has 11 unspecified atom stereocenters. The van der Waals surface area contributed by atoms with E-state index in [0.29, 0.717) is 21.9 Å². The van der Waals surface area contributed by atoms with Crippen LogP contribution in [0.4, 0.5) is 0 Å². The molecule has 13 aliphatic carbocycles. The first kappa shape index (κ1) is 126. The molecule has 0 spiro atoms. The van der Waals surface area contributed by atoms with Crippen molar-refractivity contribution < 1.29 is 0 Å². The monoisotopic (exact) mass is 1880 g/mol. The summed E-state index contributed by atoms with van der Waals surface area (Å²) in [6.07, 6.45) is 52.7. The van der Waals surface area contributed by atoms with E-state index in [-0.39, 0.29) is 0 Å². The maximum Gasteiger partial charge on any atom is 0.0501 e. The maximum absolute atomic E-state index is 2.51. The van der Waals surface area contributed by atoms with Gasteiger partial charge in [0.1, 0.15) is 0 Å². The second kappa shape index (κ2) is 63.6. The van der Waals surface area contributed by atoms with E-state index in [9.17, 15) is 0 Å². The summed E-state index contributed by atoms with van der Waals surface area (Å²) >= 11 is 0. The Labute approximate surface area is 836 Å². The van der Waals surface area contributed by atoms with Crippen molar-refractivity contribution in [1.29, 1.82) is 0 Å². The summed E-state index contributed by atoms with van der Waals surface area (Å²) in [5.41, 5.74) is 1.73. The van der Waals surface area contributed by atoms with Crippen LogP contribution in [0.25, 0.3) is 0 Å². The number of piperazine rings is 1. The highest BCUT2D eigenvalue weighted by atomic mass is 15.4. The first-order chi connectivity index (χ1) is 61.9. The highest BCUT2D eigenvalue weighted by Gasteiger charge is 2.49. The van der Waals surface area contributed by atoms with E-state index in [0.717, 1.165) is 157 Å². The molecule has 0 N–H and O–H groups in total. The molecular weight excluding hydrogens is 1630 g/mol. The van der Waals surface area contributed by atoms with E-state index in [1.807, 2.05) is 26.0 Å². The Morgan fingerprint density at radius 2 is 0.692 bits per heavy atom. The Hall–Kier alpha value is -0.680. The van der Waals surface area contributed by atoms with Crippen LogP contribution in [-0.4, -0.2) is 415 Å². The van der Waals surface area contributed by atoms with Gasteiger partial charge in [0.25, 0.3) is 0 Å². The largest absolute Gasteiger partial charge is 0.312 e. The van der Waals surface area contributed by atoms with E-state index in [4.69, 9.17) is 0 Å². The van der Waals surface area contributed by atoms with Crippen LogP contribution < -0.4 is 0 Å². The molecule has 0 aromatic carbocycles. The zero-order valence-electron chi connectivity index (χ0n) is 98.5. The number of rotatable bonds is 24. The summed E-state index contributed by atoms with van der Waals surface area (Å²) in [7, 11) is 67.3. The van der Waals surface area contributed by atoms with Gasteiger partial charge in [-0.25, -0.2) is 0 Å². The molecule has 17 nitrogen and oxygen atoms in total. The Kier molecular flexibility index (Phi) is 60.4. The lowest BCUT2D eigenvalue weighted by Gasteiger charge is -2.55. The second-order valence-corrected chi connectivity index (χ2v) is 53.5. The lowest BCUT2D eigenvalue weighted by Crippen LogP contribution is -2.51. The van der Waals surface area contributed by atoms with Crippen molar-refractivity contribution in [1.82, 2.24) is 83.3 Å². The summed E-state index contributed by atoms with van der Waals surface area (Å²) in [6, 6.07) is 4.12. The van der Waals surface area contributed by atoms with Crippen LogP contribution in [0, 0.1) is 111 Å². The van der Waals surface area contributed by atoms with Gasteiger partial charge < -0.3 is 63.7 Å². The van der Waals surface area contributed by atoms with Crippen LogP contribution in [0.3, 0.4) is 0 Å². The highest BCUT2D eigenvalue weighted by molar-refractivity contribution is 5.01. The van der Waals surface area contributed by atoms with Crippen molar-refractivity contribution in [3.63, 3.8) is 0 Å². The zero-order chi connectivity index (χ0) is 101. The van der Waals surface area contributed by atoms with Crippen molar-refractivity contribution in [3.8, 4) is 0 Å². The molecule has 0 aromatic heterocycles. The molecule has 0 amide bonds. The third-order valence-electron chi connectivity index (χ3n) is 35.8. The zero-order valence-corrected chi connectivity index (χ0v) is 98.5. The summed E-state index contributed by atoms with van der Waals surface area (Å²) in [5.74, 6) is 17.5. The van der Waals surface area contributed by atoms with Crippen molar-refractivity contribution in [3.05, 3.63) is 0 Å². The molecule has 17 heteroatoms. The molecule has 14 aliphatic rings. The van der Waals surface area contributed by atoms with Gasteiger partial charge in [0, 0.05) is 87.1 Å². The molecule has 0 radical (unpaired) electrons. The fourth-order valence-corrected chi connectivity index (χ4v) is 27.4. The predicted octanol–water partition coefficient (Wildman–Crippen LogP) is 21.7. The summed E-state index contributed by atoms with van der Waals surface area (Å²) in [6.45, 7) is 41.6. The summed E-state index contributed by atoms with van der Waals surface area (Å²) in [5, 5.41) is 0. The van der Waals surface area contributed by atoms with E-state index in [1.165, 1.54) is 238 Å². The Morgan fingerprint density at radius 3 is 0.985 bits per heavy atom. The number of nitrogens with zero attached hydrogens (tertiary/aromatic N) is 17. The molecule has 14 rings (SSSR count). The lowest BCUT2D eigenvalue weighted by molar-refractivity contribution is -0.0445. The predicted molar refractivity (Wildman–Crippen MR) is 591 cm³/mol. The molecule has 1 saturated heterocycles. The fraction of sp³-hybridized carbons (Fsp3) is 1.00. The lowest BCUT2D eigenvalue weighted by atomic mass is 9.52. The van der Waals surface area contributed by atoms with Gasteiger partial charge in [0.2, 0.25) is 0 Å². The van der Waals surface area contributed by atoms with Gasteiger partial charge in [-0.2, -0.15) is 0 Å². The van der Waals surface area contributed by atoms with Crippen LogP contribution in [0.2, 0.25) is 0 Å². The molecule has 13 saturated carbocycles. The van der Waals surface area contributed by atoms with Crippen molar-refractivity contribution in [2.45, 2.75) is 356 Å². The number of fused-ring (bicyclic) bond motifs is 2. The Bertz CT molecular complexity index is 2710. The first-order valence-corrected chi connectivity index (χ1v) is 56.1. The third kappa shape index (κ3) is 50.1. The topological polar surface area (TPSA) is 55.1 Å². The van der Waals surface area contributed by atoms with Gasteiger partial charge in [-0.3, -0.25) is 19.6 Å². The van der Waals surface area contributed by atoms with Gasteiger partial charge >= 0.3 is 0 Å². The quantitative estimate of drug-likeness (QED) is 0.0921. The van der Waals surface area contributed by atoms with Gasteiger partial charge in [-0.1, -0.05) is 94.4 Å². The third-order valence-corrected chi connectivity index (χ3v) is 35.8. The molecule has 14 fully saturated rings. The van der Waals surface area contributed by atoms with Crippen LogP contribution in [0.15, 0.2) is 0 Å². The van der Waals surface area contributed by atoms with Crippen LogP contribution >= 0.6 is 0 Å². The minimum Gasteiger partial charge on any atom is -0.312 e. The molecule has 133 heavy (non-hydrogen) atoms. The molecular formula is C116H245N17. The minimum absolute atomic E-state index is 0.341. The Balaban J connectivity index is 0.000000387. The van der Waals surface area contributed by atoms with E-state index in [2.05, 4.69) is 359 Å². The molecule has 1 heterocycles. The second-order valence-electron chi connectivity index (χ2n) is 53.5. The standard InChI is InChI=1S/C19H38N2.C17H34N2.2C14H30N2.C13H23N.C10H24N4.C10H19N.C8H16.2C4H11N.C3H9N/c1-14-11-16(7-9-18(14)20(3)4)13-17-8-10-19(21(5)6)15(2)12-17;1-18(2)16-9-5-14(6-10-16)13-15-7-11-17(12-8-15)19(3)4;1-13(2)8-12(16(6)7)9-14(3,10-13)11-15(4)5;1-13(2,15(4)5)12-8-10-14(3,11-9-12)16(6)7;1-14(2)8-13-11-4-9-3-10(6-11)7-12(13)5-9;1-11(2)9-13-5-7-14(8-6-13)10-12(3)4;1-11(2)7-10-6-8-3-4-9(10)5-8;1-7-3-5-8(2)6-4-7;2*1-4-5(2)3;1-4(2)3/h14-19H,7-13H2,1-6H3;14-17H,5-13H2,1-4H3;2*12H,8-11H2,1-7H3;9-13H,3-8H2,1-2H3;5-10H2,1-4H3;8-10H,3-7H2,1-2H3;7-8H,3-6H2,1-2H3;2*4H2,1-3H3;1-3H3. The maximum atomic E-state index is 2.51. The van der Waals surface area contributed by atoms with Gasteiger partial charge in [-0.05, 0) is 563 Å². The first-order valence-electron chi connectivity index (χ1n) is 56.1. The van der Waals surface area contributed by atoms with Crippen LogP contribution in [0.5, 0.6) is 0 Å². The number of hydrogen-bond donors (Lipinski definition) is 0. The van der Waals surface area contributed by atoms with Crippen LogP contribution in [-0.2, 0) is 0 Å². The molecule has 6 bridgehead atoms. The van der Waals surface area contributed by atoms with E-state index >= 15 is 0 Å². The van der Waals surface area contributed by atoms with E-state index in [1.54, 1.807) is 38.5 Å². The van der Waals surface area contributed by atoms with Gasteiger partial charge in [0.05, 0.1) is 13.3 Å². The van der Waals surface area contributed by atoms with Crippen molar-refractivity contribution in [2.24, 2.45) is 111 Å². The van der Waals surface area contributed by atoms with E-state index < -0.39 is 0 Å². The molecule has 11 atom stereocenters. The highest BCUT2D eigenvalue weighted by Crippen LogP contribution is 2.57. The molecule has 0 aromatic rings. The minimum atomic E-state index is 0.341. The van der Waals surface area contributed by atoms with Crippen molar-refractivity contribution in [2.75, 3.05) is 291 Å². The fourth-order valence-electron chi connectivity index (χ4n) is 27.4. The summed E-state index contributed by atoms with van der Waals surface area (Å²) in [4.78, 5) is 39.8. The van der Waals surface area contributed by atoms with Crippen LogP contribution in [0.1, 0.15) is 314 Å². The average Bonchev–Trinajstić information content (AvgIpc) is 1.30. The molecule has 794 valence electrons. The SMILES string of the molecule is CC1CC(CC2CCC(N(C)C)C(C)C2)CCC1N(C)C.CC1CCC(C)CC1.CCN(C)C.CCN(C)C.CN(C)C.CN(C)C1(C)CCC(C(C)(C)N(C)C)CC1.CN(C)C1CCC(CC2CCC(N(C)C)CC2)CC1.CN(C)CC1(C)CC(N(C)C)CC(C)(C)C1.CN(C)CC1C2CC3CC(C2)CC1C3.CN(C)CC1CC2CCC1C2.CN(C)CN1CCN(CN(C)C)CC1. The average molecular weight is 1880 g/mol. The smallest absolute Gasteiger partial charge is 0.0501 e. The normalized spacial score (nSPS) is 34.3. The summed E-state index contributed by atoms with van der Waals surface area (Å²) < 4.78 is 0. The molecule has 1 aliphatic heterocycles. The van der Waals surface area contributed by atoms with Gasteiger partial charge in [0.15, 0.2) is 0 Å². The number of hydrogen-bond acceptors (Lipinski definition) is 17. The Morgan fingerprint density at radius 1 is 0.331 bits per heavy atom. The van der Waals surface area contributed by atoms with Gasteiger partial charge in [-0.15, -0.1) is 0 Å². The van der Waals surface area contributed by atoms with Crippen molar-refractivity contribution >= 4 is 0 Å².